The minimum absolute atomic E-state index is 0.0863. The molecule has 1 aliphatic heterocycles. The zero-order chi connectivity index (χ0) is 22.9. The highest BCUT2D eigenvalue weighted by atomic mass is 16.6. The van der Waals surface area contributed by atoms with Crippen molar-refractivity contribution in [3.05, 3.63) is 36.0 Å². The predicted molar refractivity (Wildman–Crippen MR) is 120 cm³/mol. The molecule has 0 saturated carbocycles. The fraction of sp³-hybridized carbons (Fsp3) is 0.692. The van der Waals surface area contributed by atoms with Crippen LogP contribution in [0, 0.1) is 29.1 Å². The Balaban J connectivity index is 1.78. The van der Waals surface area contributed by atoms with Crippen molar-refractivity contribution in [1.29, 1.82) is 0 Å². The topological polar surface area (TPSA) is 72.8 Å². The minimum atomic E-state index is -0.720. The van der Waals surface area contributed by atoms with E-state index >= 15 is 0 Å². The van der Waals surface area contributed by atoms with Gasteiger partial charge in [-0.1, -0.05) is 44.2 Å². The Morgan fingerprint density at radius 1 is 1.29 bits per heavy atom. The molecule has 1 fully saturated rings. The molecule has 5 nitrogen and oxygen atoms in total. The van der Waals surface area contributed by atoms with Gasteiger partial charge in [0.25, 0.3) is 0 Å². The van der Waals surface area contributed by atoms with Gasteiger partial charge in [0.05, 0.1) is 17.9 Å². The number of esters is 2. The van der Waals surface area contributed by atoms with Gasteiger partial charge >= 0.3 is 11.9 Å². The lowest BCUT2D eigenvalue weighted by atomic mass is 9.65. The van der Waals surface area contributed by atoms with Crippen molar-refractivity contribution in [1.82, 2.24) is 0 Å². The summed E-state index contributed by atoms with van der Waals surface area (Å²) in [5, 5.41) is 9.93. The molecule has 1 N–H and O–H groups in total. The summed E-state index contributed by atoms with van der Waals surface area (Å²) in [7, 11) is 0. The van der Waals surface area contributed by atoms with Crippen LogP contribution in [0.15, 0.2) is 36.0 Å². The monoisotopic (exact) mass is 430 g/mol. The number of fused-ring (bicyclic) bond motifs is 1. The molecular weight excluding hydrogens is 392 g/mol. The molecule has 172 valence electrons. The SMILES string of the molecule is C=C(C)C(C)(C)C(=O)O[C@H]1C[C@@H](C)C=C2C=C[C@H](C)[C@H](CC[C@@H]3C[C@@H](O)CC(=O)O3)[C@H]21. The van der Waals surface area contributed by atoms with E-state index in [9.17, 15) is 14.7 Å². The Morgan fingerprint density at radius 3 is 2.65 bits per heavy atom. The second-order valence-corrected chi connectivity index (χ2v) is 10.4. The largest absolute Gasteiger partial charge is 0.462 e. The molecular formula is C26H38O5. The summed E-state index contributed by atoms with van der Waals surface area (Å²) in [4.78, 5) is 24.7. The van der Waals surface area contributed by atoms with Gasteiger partial charge in [0.1, 0.15) is 12.2 Å². The van der Waals surface area contributed by atoms with Crippen LogP contribution in [-0.2, 0) is 19.1 Å². The first kappa shape index (κ1) is 23.8. The zero-order valence-electron chi connectivity index (χ0n) is 19.6. The first-order chi connectivity index (χ1) is 14.5. The normalized spacial score (nSPS) is 35.6. The van der Waals surface area contributed by atoms with Crippen LogP contribution in [0.3, 0.4) is 0 Å². The van der Waals surface area contributed by atoms with Crippen LogP contribution in [0.1, 0.15) is 66.7 Å². The molecule has 5 heteroatoms. The number of hydrogen-bond donors (Lipinski definition) is 1. The standard InChI is InChI=1S/C26H38O5/c1-15(2)26(5,6)25(29)31-22-12-16(3)11-18-8-7-17(4)21(24(18)22)10-9-20-13-19(27)14-23(28)30-20/h7-8,11,16-17,19-22,24,27H,1,9-10,12-14H2,2-6H3/t16-,17-,19+,20+,21-,22-,24-/m0/s1. The molecule has 7 atom stereocenters. The second-order valence-electron chi connectivity index (χ2n) is 10.4. The van der Waals surface area contributed by atoms with E-state index in [4.69, 9.17) is 9.47 Å². The molecule has 0 spiro atoms. The van der Waals surface area contributed by atoms with Crippen LogP contribution < -0.4 is 0 Å². The average Bonchev–Trinajstić information content (AvgIpc) is 2.66. The van der Waals surface area contributed by atoms with E-state index in [1.165, 1.54) is 5.57 Å². The molecule has 3 rings (SSSR count). The summed E-state index contributed by atoms with van der Waals surface area (Å²) < 4.78 is 11.6. The molecule has 0 aromatic heterocycles. The highest BCUT2D eigenvalue weighted by Gasteiger charge is 2.43. The number of rotatable bonds is 6. The van der Waals surface area contributed by atoms with E-state index in [1.807, 2.05) is 20.8 Å². The van der Waals surface area contributed by atoms with Gasteiger partial charge in [-0.05, 0) is 63.4 Å². The fourth-order valence-electron chi connectivity index (χ4n) is 5.10. The van der Waals surface area contributed by atoms with Crippen molar-refractivity contribution in [2.24, 2.45) is 29.1 Å². The third-order valence-corrected chi connectivity index (χ3v) is 7.49. The maximum Gasteiger partial charge on any atom is 0.315 e. The van der Waals surface area contributed by atoms with E-state index in [2.05, 4.69) is 38.7 Å². The number of ether oxygens (including phenoxy) is 2. The molecule has 0 radical (unpaired) electrons. The third-order valence-electron chi connectivity index (χ3n) is 7.49. The number of cyclic esters (lactones) is 1. The van der Waals surface area contributed by atoms with Crippen molar-refractivity contribution in [3.8, 4) is 0 Å². The molecule has 0 amide bonds. The maximum absolute atomic E-state index is 13.0. The first-order valence-electron chi connectivity index (χ1n) is 11.6. The van der Waals surface area contributed by atoms with Crippen LogP contribution in [0.4, 0.5) is 0 Å². The summed E-state index contributed by atoms with van der Waals surface area (Å²) in [6.45, 7) is 13.9. The number of aliphatic hydroxyl groups excluding tert-OH is 1. The van der Waals surface area contributed by atoms with E-state index in [0.29, 0.717) is 24.7 Å². The van der Waals surface area contributed by atoms with Crippen LogP contribution in [0.25, 0.3) is 0 Å². The Kier molecular flexibility index (Phi) is 7.14. The lowest BCUT2D eigenvalue weighted by molar-refractivity contribution is -0.164. The quantitative estimate of drug-likeness (QED) is 0.486. The zero-order valence-corrected chi connectivity index (χ0v) is 19.6. The van der Waals surface area contributed by atoms with Gasteiger partial charge in [0, 0.05) is 12.3 Å². The van der Waals surface area contributed by atoms with Gasteiger partial charge in [-0.25, -0.2) is 0 Å². The van der Waals surface area contributed by atoms with E-state index in [0.717, 1.165) is 18.4 Å². The van der Waals surface area contributed by atoms with Crippen LogP contribution >= 0.6 is 0 Å². The third kappa shape index (κ3) is 5.31. The highest BCUT2D eigenvalue weighted by Crippen LogP contribution is 2.45. The molecule has 1 heterocycles. The number of allylic oxidation sites excluding steroid dienone is 3. The van der Waals surface area contributed by atoms with Crippen molar-refractivity contribution in [3.63, 3.8) is 0 Å². The summed E-state index contributed by atoms with van der Waals surface area (Å²) >= 11 is 0. The van der Waals surface area contributed by atoms with Crippen molar-refractivity contribution < 1.29 is 24.2 Å². The molecule has 3 aliphatic rings. The fourth-order valence-corrected chi connectivity index (χ4v) is 5.10. The van der Waals surface area contributed by atoms with E-state index in [1.54, 1.807) is 0 Å². The number of carbonyl (C=O) groups is 2. The first-order valence-corrected chi connectivity index (χ1v) is 11.6. The lowest BCUT2D eigenvalue weighted by Crippen LogP contribution is -2.43. The van der Waals surface area contributed by atoms with Crippen LogP contribution in [0.5, 0.6) is 0 Å². The number of hydrogen-bond acceptors (Lipinski definition) is 5. The lowest BCUT2D eigenvalue weighted by Gasteiger charge is -2.44. The summed E-state index contributed by atoms with van der Waals surface area (Å²) in [6, 6.07) is 0. The molecule has 0 aromatic rings. The Labute approximate surface area is 186 Å². The predicted octanol–water partition coefficient (Wildman–Crippen LogP) is 4.75. The molecule has 0 unspecified atom stereocenters. The summed E-state index contributed by atoms with van der Waals surface area (Å²) in [5.41, 5.74) is 1.32. The van der Waals surface area contributed by atoms with Crippen LogP contribution in [-0.4, -0.2) is 35.4 Å². The van der Waals surface area contributed by atoms with Gasteiger partial charge in [0.2, 0.25) is 0 Å². The van der Waals surface area contributed by atoms with Gasteiger partial charge in [-0.3, -0.25) is 9.59 Å². The Bertz CT molecular complexity index is 777. The van der Waals surface area contributed by atoms with E-state index < -0.39 is 11.5 Å². The van der Waals surface area contributed by atoms with Crippen LogP contribution in [0.2, 0.25) is 0 Å². The molecule has 2 aliphatic carbocycles. The molecule has 0 bridgehead atoms. The van der Waals surface area contributed by atoms with Crippen molar-refractivity contribution in [2.45, 2.75) is 85.0 Å². The Hall–Kier alpha value is -1.88. The van der Waals surface area contributed by atoms with Crippen molar-refractivity contribution >= 4 is 11.9 Å². The van der Waals surface area contributed by atoms with Gasteiger partial charge in [-0.2, -0.15) is 0 Å². The highest BCUT2D eigenvalue weighted by molar-refractivity contribution is 5.79. The van der Waals surface area contributed by atoms with E-state index in [-0.39, 0.29) is 42.4 Å². The molecule has 0 aromatic carbocycles. The van der Waals surface area contributed by atoms with Gasteiger partial charge < -0.3 is 14.6 Å². The van der Waals surface area contributed by atoms with Gasteiger partial charge in [0.15, 0.2) is 0 Å². The minimum Gasteiger partial charge on any atom is -0.462 e. The van der Waals surface area contributed by atoms with Crippen molar-refractivity contribution in [2.75, 3.05) is 0 Å². The number of aliphatic hydroxyl groups is 1. The second kappa shape index (κ2) is 9.32. The molecule has 31 heavy (non-hydrogen) atoms. The average molecular weight is 431 g/mol. The summed E-state index contributed by atoms with van der Waals surface area (Å²) in [5.74, 6) is 0.544. The van der Waals surface area contributed by atoms with Gasteiger partial charge in [-0.15, -0.1) is 0 Å². The summed E-state index contributed by atoms with van der Waals surface area (Å²) in [6.07, 6.45) is 8.65. The maximum atomic E-state index is 13.0. The Morgan fingerprint density at radius 2 is 2.00 bits per heavy atom. The molecule has 1 saturated heterocycles. The smallest absolute Gasteiger partial charge is 0.315 e. The number of carbonyl (C=O) groups excluding carboxylic acids is 2.